The second kappa shape index (κ2) is 20.7. The average Bonchev–Trinajstić information content (AvgIpc) is 4.15. The molecule has 0 aliphatic carbocycles. The van der Waals surface area contributed by atoms with Gasteiger partial charge in [-0.1, -0.05) is 238 Å². The zero-order valence-corrected chi connectivity index (χ0v) is 49.6. The summed E-state index contributed by atoms with van der Waals surface area (Å²) in [7, 11) is -2.87. The van der Waals surface area contributed by atoms with Crippen molar-refractivity contribution >= 4 is 61.7 Å². The number of rotatable bonds is 10. The van der Waals surface area contributed by atoms with E-state index in [0.717, 1.165) is 61.2 Å². The minimum atomic E-state index is -2.87. The molecule has 0 unspecified atom stereocenters. The topological polar surface area (TPSA) is 35.9 Å². The van der Waals surface area contributed by atoms with E-state index < -0.39 is 8.07 Å². The number of benzene rings is 9. The van der Waals surface area contributed by atoms with Crippen LogP contribution >= 0.6 is 0 Å². The molecule has 3 aromatic heterocycles. The predicted molar refractivity (Wildman–Crippen MR) is 325 cm³/mol. The summed E-state index contributed by atoms with van der Waals surface area (Å²) in [5.74, 6) is 2.00. The van der Waals surface area contributed by atoms with Crippen LogP contribution in [0.2, 0.25) is 0 Å². The summed E-state index contributed by atoms with van der Waals surface area (Å²) in [6.45, 7) is 20.7. The molecule has 7 heteroatoms. The van der Waals surface area contributed by atoms with Gasteiger partial charge in [0.15, 0.2) is 8.07 Å². The first-order valence-corrected chi connectivity index (χ1v) is 29.1. The van der Waals surface area contributed by atoms with E-state index in [-0.39, 0.29) is 37.3 Å². The van der Waals surface area contributed by atoms with Crippen LogP contribution in [0.5, 0.6) is 11.5 Å². The molecule has 9 aromatic carbocycles. The maximum atomic E-state index is 6.76. The molecule has 0 saturated heterocycles. The fraction of sp³-hybridized carbons (Fsp3) is 0.167. The Hall–Kier alpha value is -7.89. The third kappa shape index (κ3) is 9.70. The summed E-state index contributed by atoms with van der Waals surface area (Å²) in [6.07, 6.45) is 5.84. The van der Waals surface area contributed by atoms with Gasteiger partial charge in [0.05, 0.1) is 16.7 Å². The molecule has 5 nitrogen and oxygen atoms in total. The van der Waals surface area contributed by atoms with E-state index in [9.17, 15) is 0 Å². The van der Waals surface area contributed by atoms with Gasteiger partial charge in [0.25, 0.3) is 6.33 Å². The molecule has 0 aliphatic heterocycles. The van der Waals surface area contributed by atoms with E-state index in [1.165, 1.54) is 37.4 Å². The molecule has 0 bridgehead atoms. The zero-order chi connectivity index (χ0) is 54.0. The zero-order valence-electron chi connectivity index (χ0n) is 46.4. The van der Waals surface area contributed by atoms with Gasteiger partial charge in [-0.15, -0.1) is 29.7 Å². The van der Waals surface area contributed by atoms with Crippen LogP contribution in [0.1, 0.15) is 79.0 Å². The monoisotopic (exact) mass is 1220 g/mol. The first-order valence-electron chi connectivity index (χ1n) is 27.1. The Morgan fingerprint density at radius 2 is 1.06 bits per heavy atom. The normalized spacial score (nSPS) is 12.3. The Morgan fingerprint density at radius 1 is 0.481 bits per heavy atom. The Labute approximate surface area is 481 Å². The number of ether oxygens (including phenoxy) is 1. The quantitative estimate of drug-likeness (QED) is 0.0592. The standard InChI is InChI=1S/C72H64N4OSi.Pt/c1-70(2,3)51-41-42-73-68(46-51)76-64-36-20-19-35-60(64)61-40-39-55(48-67(61)76)77-54-27-24-26-53(47-54)74-49-75(66-38-22-21-37-65(66)74)69-62(44-52(71(4,5)6)45-63(69)72(7,8)9)50-25-23-34-59(43-50)78(56-28-13-10-14-29-56,57-30-15-11-16-31-57)58-32-17-12-18-33-58;/h10-46H,1-9H3;/q-2;. The SMILES string of the molecule is CC(C)(C)c1ccnc(-n2c3[c-]c(Oc4[c-]c(-n5[c-][n+](-c6c(-c7cccc([Si](c8ccccc8)(c8ccccc8)c8ccccc8)c7)cc(C(C)(C)C)cc6C(C)(C)C)c6ccccc65)ccc4)ccc3c3ccccc32)c1.[Pt]. The Balaban J connectivity index is 0.00000660. The van der Waals surface area contributed by atoms with Crippen LogP contribution in [-0.2, 0) is 37.3 Å². The maximum Gasteiger partial charge on any atom is 0.268 e. The molecule has 0 aliphatic rings. The third-order valence-electron chi connectivity index (χ3n) is 15.4. The summed E-state index contributed by atoms with van der Waals surface area (Å²) in [4.78, 5) is 4.90. The molecule has 79 heavy (non-hydrogen) atoms. The van der Waals surface area contributed by atoms with Crippen molar-refractivity contribution < 1.29 is 30.4 Å². The average molecular weight is 1220 g/mol. The van der Waals surface area contributed by atoms with Crippen molar-refractivity contribution in [1.29, 1.82) is 0 Å². The molecule has 0 atom stereocenters. The molecule has 12 aromatic rings. The molecule has 0 amide bonds. The molecule has 0 spiro atoms. The van der Waals surface area contributed by atoms with Crippen LogP contribution in [0, 0.1) is 18.5 Å². The molecular weight excluding hydrogens is 1160 g/mol. The summed E-state index contributed by atoms with van der Waals surface area (Å²) in [5.41, 5.74) is 11.5. The molecule has 0 radical (unpaired) electrons. The van der Waals surface area contributed by atoms with Crippen molar-refractivity contribution in [2.45, 2.75) is 78.6 Å². The number of hydrogen-bond donors (Lipinski definition) is 0. The van der Waals surface area contributed by atoms with E-state index >= 15 is 0 Å². The van der Waals surface area contributed by atoms with Crippen LogP contribution in [0.4, 0.5) is 0 Å². The molecule has 0 fully saturated rings. The van der Waals surface area contributed by atoms with Crippen molar-refractivity contribution in [2.75, 3.05) is 0 Å². The summed E-state index contributed by atoms with van der Waals surface area (Å²) in [5, 5.41) is 7.56. The molecule has 394 valence electrons. The van der Waals surface area contributed by atoms with Gasteiger partial charge >= 0.3 is 0 Å². The van der Waals surface area contributed by atoms with Crippen molar-refractivity contribution in [3.8, 4) is 39.8 Å². The largest absolute Gasteiger partial charge is 0.510 e. The van der Waals surface area contributed by atoms with E-state index in [1.54, 1.807) is 0 Å². The van der Waals surface area contributed by atoms with Crippen LogP contribution in [0.15, 0.2) is 225 Å². The van der Waals surface area contributed by atoms with Crippen LogP contribution in [-0.4, -0.2) is 22.2 Å². The van der Waals surface area contributed by atoms with E-state index in [0.29, 0.717) is 11.5 Å². The number of aromatic nitrogens is 4. The molecular formula is C72H64N4OPtSi-2. The van der Waals surface area contributed by atoms with Gasteiger partial charge in [-0.3, -0.25) is 4.57 Å². The van der Waals surface area contributed by atoms with Crippen LogP contribution < -0.4 is 30.1 Å². The summed E-state index contributed by atoms with van der Waals surface area (Å²) < 4.78 is 13.4. The van der Waals surface area contributed by atoms with Gasteiger partial charge in [0, 0.05) is 44.3 Å². The first-order chi connectivity index (χ1) is 37.6. The van der Waals surface area contributed by atoms with Gasteiger partial charge in [0.2, 0.25) is 0 Å². The van der Waals surface area contributed by atoms with E-state index in [1.807, 2.05) is 24.4 Å². The Kier molecular flexibility index (Phi) is 13.9. The maximum absolute atomic E-state index is 6.76. The van der Waals surface area contributed by atoms with E-state index in [4.69, 9.17) is 9.72 Å². The van der Waals surface area contributed by atoms with E-state index in [2.05, 4.69) is 295 Å². The Morgan fingerprint density at radius 3 is 1.71 bits per heavy atom. The van der Waals surface area contributed by atoms with Gasteiger partial charge in [0.1, 0.15) is 5.82 Å². The minimum absolute atomic E-state index is 0. The van der Waals surface area contributed by atoms with Crippen LogP contribution in [0.25, 0.3) is 61.2 Å². The van der Waals surface area contributed by atoms with Gasteiger partial charge < -0.3 is 13.9 Å². The van der Waals surface area contributed by atoms with Crippen molar-refractivity contribution in [1.82, 2.24) is 14.1 Å². The van der Waals surface area contributed by atoms with Gasteiger partial charge in [-0.2, -0.15) is 18.2 Å². The third-order valence-corrected chi connectivity index (χ3v) is 20.2. The van der Waals surface area contributed by atoms with Crippen molar-refractivity contribution in [3.05, 3.63) is 260 Å². The summed E-state index contributed by atoms with van der Waals surface area (Å²) in [6, 6.07) is 86.8. The Bertz CT molecular complexity index is 4080. The number of nitrogens with zero attached hydrogens (tertiary/aromatic N) is 4. The fourth-order valence-corrected chi connectivity index (χ4v) is 16.2. The second-order valence-electron chi connectivity index (χ2n) is 23.7. The van der Waals surface area contributed by atoms with Gasteiger partial charge in [-0.25, -0.2) is 4.98 Å². The smallest absolute Gasteiger partial charge is 0.268 e. The number of pyridine rings is 1. The second-order valence-corrected chi connectivity index (χ2v) is 27.5. The van der Waals surface area contributed by atoms with Gasteiger partial charge in [-0.05, 0) is 94.1 Å². The van der Waals surface area contributed by atoms with Crippen molar-refractivity contribution in [3.63, 3.8) is 0 Å². The molecule has 0 saturated carbocycles. The first kappa shape index (κ1) is 53.1. The molecule has 3 heterocycles. The fourth-order valence-electron chi connectivity index (χ4n) is 11.4. The molecule has 12 rings (SSSR count). The minimum Gasteiger partial charge on any atom is -0.510 e. The molecule has 0 N–H and O–H groups in total. The number of para-hydroxylation sites is 3. The number of fused-ring (bicyclic) bond motifs is 4. The summed E-state index contributed by atoms with van der Waals surface area (Å²) >= 11 is 0. The number of hydrogen-bond acceptors (Lipinski definition) is 2. The predicted octanol–water partition coefficient (Wildman–Crippen LogP) is 14.5. The number of imidazole rings is 1. The van der Waals surface area contributed by atoms with Crippen molar-refractivity contribution in [2.24, 2.45) is 0 Å². The van der Waals surface area contributed by atoms with Crippen LogP contribution in [0.3, 0.4) is 0 Å².